The summed E-state index contributed by atoms with van der Waals surface area (Å²) in [7, 11) is 0. The SMILES string of the molecule is CC1CC(C)N(c2ccc(CO)nn2)C1. The largest absolute Gasteiger partial charge is 0.390 e. The second-order valence-corrected chi connectivity index (χ2v) is 4.38. The lowest BCUT2D eigenvalue weighted by Gasteiger charge is -2.21. The molecular formula is C11H17N3O. The predicted octanol–water partition coefficient (Wildman–Crippen LogP) is 1.20. The summed E-state index contributed by atoms with van der Waals surface area (Å²) >= 11 is 0. The van der Waals surface area contributed by atoms with E-state index in [1.807, 2.05) is 12.1 Å². The van der Waals surface area contributed by atoms with Gasteiger partial charge in [0.2, 0.25) is 0 Å². The second kappa shape index (κ2) is 4.14. The van der Waals surface area contributed by atoms with Crippen molar-refractivity contribution in [2.24, 2.45) is 5.92 Å². The second-order valence-electron chi connectivity index (χ2n) is 4.38. The van der Waals surface area contributed by atoms with Gasteiger partial charge in [0, 0.05) is 12.6 Å². The first-order chi connectivity index (χ1) is 7.20. The summed E-state index contributed by atoms with van der Waals surface area (Å²) in [5, 5.41) is 17.0. The highest BCUT2D eigenvalue weighted by Gasteiger charge is 2.27. The minimum absolute atomic E-state index is 0.0424. The Kier molecular flexibility index (Phi) is 2.86. The average molecular weight is 207 g/mol. The Morgan fingerprint density at radius 2 is 2.20 bits per heavy atom. The monoisotopic (exact) mass is 207 g/mol. The number of hydrogen-bond donors (Lipinski definition) is 1. The van der Waals surface area contributed by atoms with E-state index in [1.54, 1.807) is 0 Å². The molecule has 1 fully saturated rings. The van der Waals surface area contributed by atoms with E-state index >= 15 is 0 Å². The van der Waals surface area contributed by atoms with Gasteiger partial charge in [0.1, 0.15) is 0 Å². The molecule has 0 amide bonds. The van der Waals surface area contributed by atoms with Gasteiger partial charge in [-0.15, -0.1) is 5.10 Å². The maximum Gasteiger partial charge on any atom is 0.151 e. The Bertz CT molecular complexity index is 325. The van der Waals surface area contributed by atoms with Crippen molar-refractivity contribution >= 4 is 5.82 Å². The molecule has 82 valence electrons. The number of nitrogens with zero attached hydrogens (tertiary/aromatic N) is 3. The molecule has 0 spiro atoms. The fourth-order valence-corrected chi connectivity index (χ4v) is 2.21. The van der Waals surface area contributed by atoms with Crippen LogP contribution in [0.5, 0.6) is 0 Å². The van der Waals surface area contributed by atoms with Crippen LogP contribution in [0.4, 0.5) is 5.82 Å². The highest BCUT2D eigenvalue weighted by molar-refractivity contribution is 5.40. The van der Waals surface area contributed by atoms with Crippen LogP contribution >= 0.6 is 0 Å². The first-order valence-electron chi connectivity index (χ1n) is 5.41. The van der Waals surface area contributed by atoms with Gasteiger partial charge in [0.15, 0.2) is 5.82 Å². The summed E-state index contributed by atoms with van der Waals surface area (Å²) in [6.07, 6.45) is 1.21. The molecule has 1 saturated heterocycles. The first-order valence-corrected chi connectivity index (χ1v) is 5.41. The van der Waals surface area contributed by atoms with Crippen LogP contribution in [0.1, 0.15) is 26.0 Å². The molecular weight excluding hydrogens is 190 g/mol. The van der Waals surface area contributed by atoms with Gasteiger partial charge < -0.3 is 10.0 Å². The maximum atomic E-state index is 8.87. The van der Waals surface area contributed by atoms with Crippen molar-refractivity contribution in [1.82, 2.24) is 10.2 Å². The van der Waals surface area contributed by atoms with Crippen molar-refractivity contribution in [2.45, 2.75) is 32.9 Å². The van der Waals surface area contributed by atoms with E-state index in [0.29, 0.717) is 11.7 Å². The molecule has 0 bridgehead atoms. The van der Waals surface area contributed by atoms with Gasteiger partial charge in [-0.2, -0.15) is 5.10 Å². The van der Waals surface area contributed by atoms with Crippen LogP contribution in [0.25, 0.3) is 0 Å². The molecule has 4 heteroatoms. The molecule has 1 aliphatic rings. The molecule has 2 heterocycles. The molecule has 2 rings (SSSR count). The van der Waals surface area contributed by atoms with Crippen LogP contribution in [0.15, 0.2) is 12.1 Å². The van der Waals surface area contributed by atoms with E-state index in [4.69, 9.17) is 5.11 Å². The normalized spacial score (nSPS) is 25.9. The summed E-state index contributed by atoms with van der Waals surface area (Å²) in [5.74, 6) is 1.64. The Morgan fingerprint density at radius 1 is 1.40 bits per heavy atom. The summed E-state index contributed by atoms with van der Waals surface area (Å²) in [5.41, 5.74) is 0.624. The van der Waals surface area contributed by atoms with Crippen LogP contribution < -0.4 is 4.90 Å². The van der Waals surface area contributed by atoms with Crippen LogP contribution in [-0.4, -0.2) is 27.9 Å². The zero-order valence-electron chi connectivity index (χ0n) is 9.22. The third-order valence-electron chi connectivity index (χ3n) is 2.95. The molecule has 0 radical (unpaired) electrons. The molecule has 15 heavy (non-hydrogen) atoms. The summed E-state index contributed by atoms with van der Waals surface area (Å²) in [4.78, 5) is 2.28. The first kappa shape index (κ1) is 10.4. The van der Waals surface area contributed by atoms with Gasteiger partial charge in [0.05, 0.1) is 12.3 Å². The van der Waals surface area contributed by atoms with Gasteiger partial charge >= 0.3 is 0 Å². The van der Waals surface area contributed by atoms with E-state index in [-0.39, 0.29) is 6.61 Å². The van der Waals surface area contributed by atoms with E-state index < -0.39 is 0 Å². The lowest BCUT2D eigenvalue weighted by atomic mass is 10.1. The Labute approximate surface area is 89.9 Å². The molecule has 2 atom stereocenters. The van der Waals surface area contributed by atoms with Crippen LogP contribution in [0.3, 0.4) is 0 Å². The van der Waals surface area contributed by atoms with Crippen molar-refractivity contribution < 1.29 is 5.11 Å². The summed E-state index contributed by atoms with van der Waals surface area (Å²) in [6.45, 7) is 5.48. The highest BCUT2D eigenvalue weighted by Crippen LogP contribution is 2.26. The van der Waals surface area contributed by atoms with E-state index in [9.17, 15) is 0 Å². The van der Waals surface area contributed by atoms with Crippen molar-refractivity contribution in [1.29, 1.82) is 0 Å². The predicted molar refractivity (Wildman–Crippen MR) is 58.5 cm³/mol. The van der Waals surface area contributed by atoms with Crippen molar-refractivity contribution in [3.8, 4) is 0 Å². The minimum Gasteiger partial charge on any atom is -0.390 e. The molecule has 2 unspecified atom stereocenters. The van der Waals surface area contributed by atoms with E-state index in [2.05, 4.69) is 28.9 Å². The van der Waals surface area contributed by atoms with Gasteiger partial charge in [-0.3, -0.25) is 0 Å². The average Bonchev–Trinajstić information content (AvgIpc) is 2.58. The molecule has 0 saturated carbocycles. The van der Waals surface area contributed by atoms with Gasteiger partial charge in [-0.05, 0) is 31.4 Å². The third-order valence-corrected chi connectivity index (χ3v) is 2.95. The van der Waals surface area contributed by atoms with Gasteiger partial charge in [0.25, 0.3) is 0 Å². The van der Waals surface area contributed by atoms with Crippen molar-refractivity contribution in [3.63, 3.8) is 0 Å². The number of anilines is 1. The molecule has 1 aliphatic heterocycles. The minimum atomic E-state index is -0.0424. The summed E-state index contributed by atoms with van der Waals surface area (Å²) in [6, 6.07) is 4.31. The maximum absolute atomic E-state index is 8.87. The van der Waals surface area contributed by atoms with Crippen LogP contribution in [0.2, 0.25) is 0 Å². The number of aliphatic hydroxyl groups excluding tert-OH is 1. The number of rotatable bonds is 2. The quantitative estimate of drug-likeness (QED) is 0.791. The molecule has 0 aromatic carbocycles. The number of aliphatic hydroxyl groups is 1. The van der Waals surface area contributed by atoms with E-state index in [0.717, 1.165) is 18.3 Å². The highest BCUT2D eigenvalue weighted by atomic mass is 16.3. The van der Waals surface area contributed by atoms with Crippen LogP contribution in [-0.2, 0) is 6.61 Å². The summed E-state index contributed by atoms with van der Waals surface area (Å²) < 4.78 is 0. The molecule has 1 aromatic rings. The Morgan fingerprint density at radius 3 is 2.67 bits per heavy atom. The zero-order valence-corrected chi connectivity index (χ0v) is 9.22. The standard InChI is InChI=1S/C11H17N3O/c1-8-5-9(2)14(6-8)11-4-3-10(7-15)12-13-11/h3-4,8-9,15H,5-7H2,1-2H3. The lowest BCUT2D eigenvalue weighted by Crippen LogP contribution is -2.27. The van der Waals surface area contributed by atoms with Crippen molar-refractivity contribution in [3.05, 3.63) is 17.8 Å². The van der Waals surface area contributed by atoms with Gasteiger partial charge in [-0.25, -0.2) is 0 Å². The Balaban J connectivity index is 2.15. The van der Waals surface area contributed by atoms with Gasteiger partial charge in [-0.1, -0.05) is 6.92 Å². The smallest absolute Gasteiger partial charge is 0.151 e. The van der Waals surface area contributed by atoms with Crippen LogP contribution in [0, 0.1) is 5.92 Å². The third kappa shape index (κ3) is 2.09. The number of aromatic nitrogens is 2. The molecule has 1 aromatic heterocycles. The Hall–Kier alpha value is -1.16. The van der Waals surface area contributed by atoms with E-state index in [1.165, 1.54) is 6.42 Å². The molecule has 0 aliphatic carbocycles. The fraction of sp³-hybridized carbons (Fsp3) is 0.636. The lowest BCUT2D eigenvalue weighted by molar-refractivity contribution is 0.275. The topological polar surface area (TPSA) is 49.2 Å². The molecule has 4 nitrogen and oxygen atoms in total. The van der Waals surface area contributed by atoms with Crippen molar-refractivity contribution in [2.75, 3.05) is 11.4 Å². The fourth-order valence-electron chi connectivity index (χ4n) is 2.21. The zero-order chi connectivity index (χ0) is 10.8. The molecule has 1 N–H and O–H groups in total. The number of hydrogen-bond acceptors (Lipinski definition) is 4.